The Morgan fingerprint density at radius 3 is 2.27 bits per heavy atom. The number of carbonyl (C=O) groups excluding carboxylic acids is 2. The molecule has 1 aliphatic carbocycles. The van der Waals surface area contributed by atoms with Crippen LogP contribution in [0.2, 0.25) is 0 Å². The first-order chi connectivity index (χ1) is 16.0. The highest BCUT2D eigenvalue weighted by molar-refractivity contribution is 6.00. The lowest BCUT2D eigenvalue weighted by Crippen LogP contribution is -2.40. The van der Waals surface area contributed by atoms with Crippen LogP contribution in [0.1, 0.15) is 57.9 Å². The van der Waals surface area contributed by atoms with Crippen LogP contribution in [0, 0.1) is 5.92 Å². The lowest BCUT2D eigenvalue weighted by atomic mass is 9.89. The summed E-state index contributed by atoms with van der Waals surface area (Å²) >= 11 is 0. The molecule has 3 rings (SSSR count). The van der Waals surface area contributed by atoms with Crippen molar-refractivity contribution in [1.29, 1.82) is 0 Å². The molecule has 7 nitrogen and oxygen atoms in total. The molecule has 1 saturated carbocycles. The predicted octanol–water partition coefficient (Wildman–Crippen LogP) is 3.34. The summed E-state index contributed by atoms with van der Waals surface area (Å²) in [5.74, 6) is -0.597. The molecule has 1 aliphatic heterocycles. The highest BCUT2D eigenvalue weighted by atomic mass is 16.5. The van der Waals surface area contributed by atoms with Crippen LogP contribution in [-0.2, 0) is 25.5 Å². The van der Waals surface area contributed by atoms with Crippen LogP contribution in [0.15, 0.2) is 52.9 Å². The van der Waals surface area contributed by atoms with Crippen LogP contribution in [0.4, 0.5) is 0 Å². The molecule has 1 atom stereocenters. The van der Waals surface area contributed by atoms with Gasteiger partial charge in [0.2, 0.25) is 5.91 Å². The van der Waals surface area contributed by atoms with E-state index >= 15 is 0 Å². The van der Waals surface area contributed by atoms with Gasteiger partial charge in [0.25, 0.3) is 0 Å². The molecule has 1 amide bonds. The number of benzene rings is 1. The zero-order chi connectivity index (χ0) is 24.2. The number of nitrogens with one attached hydrogen (secondary N) is 1. The van der Waals surface area contributed by atoms with Crippen LogP contribution < -0.4 is 16.8 Å². The molecule has 1 unspecified atom stereocenters. The normalized spacial score (nSPS) is 18.8. The van der Waals surface area contributed by atoms with E-state index in [1.807, 2.05) is 18.2 Å². The molecular formula is C26H39N3O4. The Kier molecular flexibility index (Phi) is 11.1. The molecular weight excluding hydrogens is 418 g/mol. The fourth-order valence-electron chi connectivity index (χ4n) is 4.44. The minimum Gasteiger partial charge on any atom is -0.462 e. The van der Waals surface area contributed by atoms with Crippen molar-refractivity contribution in [3.63, 3.8) is 0 Å². The fourth-order valence-corrected chi connectivity index (χ4v) is 4.44. The van der Waals surface area contributed by atoms with Gasteiger partial charge in [-0.2, -0.15) is 0 Å². The number of hydrogen-bond acceptors (Lipinski definition) is 6. The molecule has 1 fully saturated rings. The molecule has 33 heavy (non-hydrogen) atoms. The second kappa shape index (κ2) is 13.8. The van der Waals surface area contributed by atoms with E-state index in [2.05, 4.69) is 23.2 Å². The van der Waals surface area contributed by atoms with E-state index in [-0.39, 0.29) is 0 Å². The van der Waals surface area contributed by atoms with Crippen LogP contribution in [0.25, 0.3) is 0 Å². The molecule has 0 bridgehead atoms. The summed E-state index contributed by atoms with van der Waals surface area (Å²) in [6.07, 6.45) is 6.64. The number of nitrogens with two attached hydrogens (primary N) is 2. The van der Waals surface area contributed by atoms with E-state index in [1.54, 1.807) is 13.8 Å². The van der Waals surface area contributed by atoms with Gasteiger partial charge in [0.05, 0.1) is 24.4 Å². The number of aryl methyl sites for hydroxylation is 1. The van der Waals surface area contributed by atoms with E-state index in [1.165, 1.54) is 31.9 Å². The standard InChI is InChI=1S/C25H34N2O4.CH5N/c1-17-21(24(26)28)23(31-16-20-12-7-4-8-13-20)22(18(2)27-17)25(29)30-15-9-14-19-10-5-3-6-11-19;1-2/h3,5-6,10-11,20,23,27H,4,7-9,12-16H2,1-2H3,(H2,26,28);2H2,1H3. The monoisotopic (exact) mass is 457 g/mol. The number of hydrogen-bond donors (Lipinski definition) is 3. The Bertz CT molecular complexity index is 842. The van der Waals surface area contributed by atoms with Crippen LogP contribution in [0.3, 0.4) is 0 Å². The van der Waals surface area contributed by atoms with Crippen molar-refractivity contribution in [2.45, 2.75) is 64.9 Å². The Labute approximate surface area is 197 Å². The Morgan fingerprint density at radius 2 is 1.64 bits per heavy atom. The third kappa shape index (κ3) is 7.72. The van der Waals surface area contributed by atoms with Gasteiger partial charge in [-0.15, -0.1) is 0 Å². The highest BCUT2D eigenvalue weighted by Gasteiger charge is 2.36. The average Bonchev–Trinajstić information content (AvgIpc) is 2.82. The molecule has 7 heteroatoms. The van der Waals surface area contributed by atoms with Gasteiger partial charge in [0, 0.05) is 11.4 Å². The van der Waals surface area contributed by atoms with Crippen molar-refractivity contribution in [2.75, 3.05) is 20.3 Å². The van der Waals surface area contributed by atoms with Crippen molar-refractivity contribution in [3.05, 3.63) is 58.4 Å². The molecule has 1 heterocycles. The zero-order valence-corrected chi connectivity index (χ0v) is 20.2. The minimum absolute atomic E-state index is 0.300. The van der Waals surface area contributed by atoms with Gasteiger partial charge >= 0.3 is 5.97 Å². The molecule has 1 aromatic rings. The van der Waals surface area contributed by atoms with Crippen molar-refractivity contribution in [2.24, 2.45) is 17.4 Å². The van der Waals surface area contributed by atoms with Crippen molar-refractivity contribution >= 4 is 11.9 Å². The second-order valence-corrected chi connectivity index (χ2v) is 8.51. The summed E-state index contributed by atoms with van der Waals surface area (Å²) in [6, 6.07) is 10.1. The van der Waals surface area contributed by atoms with Gasteiger partial charge in [-0.3, -0.25) is 4.79 Å². The first-order valence-electron chi connectivity index (χ1n) is 11.9. The third-order valence-corrected chi connectivity index (χ3v) is 6.10. The maximum atomic E-state index is 13.0. The number of esters is 1. The van der Waals surface area contributed by atoms with E-state index < -0.39 is 18.0 Å². The molecule has 182 valence electrons. The Morgan fingerprint density at radius 1 is 1.00 bits per heavy atom. The van der Waals surface area contributed by atoms with Gasteiger partial charge in [0.15, 0.2) is 0 Å². The number of amides is 1. The number of rotatable bonds is 9. The van der Waals surface area contributed by atoms with Crippen molar-refractivity contribution < 1.29 is 19.1 Å². The Balaban J connectivity index is 0.00000187. The third-order valence-electron chi connectivity index (χ3n) is 6.10. The summed E-state index contributed by atoms with van der Waals surface area (Å²) in [7, 11) is 1.50. The van der Waals surface area contributed by atoms with E-state index in [0.717, 1.165) is 25.7 Å². The molecule has 5 N–H and O–H groups in total. The SMILES string of the molecule is CC1=C(C(N)=O)C(OCC2CCCCC2)C(C(=O)OCCCc2ccccc2)=C(C)N1.CN. The van der Waals surface area contributed by atoms with E-state index in [0.29, 0.717) is 41.7 Å². The largest absolute Gasteiger partial charge is 0.462 e. The first-order valence-corrected chi connectivity index (χ1v) is 11.9. The smallest absolute Gasteiger partial charge is 0.338 e. The molecule has 0 radical (unpaired) electrons. The fraction of sp³-hybridized carbons (Fsp3) is 0.538. The highest BCUT2D eigenvalue weighted by Crippen LogP contribution is 2.30. The van der Waals surface area contributed by atoms with Crippen LogP contribution in [0.5, 0.6) is 0 Å². The zero-order valence-electron chi connectivity index (χ0n) is 20.2. The minimum atomic E-state index is -0.790. The van der Waals surface area contributed by atoms with Crippen molar-refractivity contribution in [3.8, 4) is 0 Å². The van der Waals surface area contributed by atoms with Gasteiger partial charge in [-0.1, -0.05) is 49.6 Å². The maximum Gasteiger partial charge on any atom is 0.338 e. The topological polar surface area (TPSA) is 117 Å². The lowest BCUT2D eigenvalue weighted by Gasteiger charge is -2.31. The number of dihydropyridines is 1. The summed E-state index contributed by atoms with van der Waals surface area (Å²) in [5.41, 5.74) is 13.3. The van der Waals surface area contributed by atoms with Crippen LogP contribution in [-0.4, -0.2) is 38.2 Å². The van der Waals surface area contributed by atoms with Gasteiger partial charge in [0.1, 0.15) is 6.10 Å². The summed E-state index contributed by atoms with van der Waals surface area (Å²) in [6.45, 7) is 4.39. The molecule has 0 aromatic heterocycles. The molecule has 2 aliphatic rings. The average molecular weight is 458 g/mol. The molecule has 1 aromatic carbocycles. The van der Waals surface area contributed by atoms with Gasteiger partial charge in [-0.25, -0.2) is 4.79 Å². The van der Waals surface area contributed by atoms with Crippen LogP contribution >= 0.6 is 0 Å². The second-order valence-electron chi connectivity index (χ2n) is 8.51. The summed E-state index contributed by atoms with van der Waals surface area (Å²) in [4.78, 5) is 25.2. The number of carbonyl (C=O) groups is 2. The van der Waals surface area contributed by atoms with Gasteiger partial charge < -0.3 is 26.3 Å². The molecule has 0 saturated heterocycles. The number of primary amides is 1. The number of allylic oxidation sites excluding steroid dienone is 2. The summed E-state index contributed by atoms with van der Waals surface area (Å²) < 4.78 is 11.8. The predicted molar refractivity (Wildman–Crippen MR) is 130 cm³/mol. The Hall–Kier alpha value is -2.64. The first kappa shape index (κ1) is 26.6. The summed E-state index contributed by atoms with van der Waals surface area (Å²) in [5, 5.41) is 3.10. The van der Waals surface area contributed by atoms with Gasteiger partial charge in [-0.05, 0) is 58.1 Å². The van der Waals surface area contributed by atoms with Crippen molar-refractivity contribution in [1.82, 2.24) is 5.32 Å². The number of ether oxygens (including phenoxy) is 2. The van der Waals surface area contributed by atoms with E-state index in [4.69, 9.17) is 15.2 Å². The van der Waals surface area contributed by atoms with E-state index in [9.17, 15) is 9.59 Å². The maximum absolute atomic E-state index is 13.0. The quantitative estimate of drug-likeness (QED) is 0.387. The molecule has 0 spiro atoms. The lowest BCUT2D eigenvalue weighted by molar-refractivity contribution is -0.140.